The zero-order valence-electron chi connectivity index (χ0n) is 18.6. The number of sulfonamides is 1. The molecule has 174 valence electrons. The van der Waals surface area contributed by atoms with Crippen LogP contribution in [0.25, 0.3) is 0 Å². The highest BCUT2D eigenvalue weighted by molar-refractivity contribution is 7.92. The number of carbonyl (C=O) groups is 1. The molecule has 0 saturated carbocycles. The van der Waals surface area contributed by atoms with Crippen LogP contribution in [0.1, 0.15) is 30.5 Å². The molecule has 3 aromatic carbocycles. The highest BCUT2D eigenvalue weighted by Crippen LogP contribution is 2.37. The number of hydrazone groups is 1. The minimum atomic E-state index is -3.70. The van der Waals surface area contributed by atoms with Crippen LogP contribution in [0.5, 0.6) is 0 Å². The summed E-state index contributed by atoms with van der Waals surface area (Å²) < 4.78 is 27.7. The lowest BCUT2D eigenvalue weighted by atomic mass is 9.97. The van der Waals surface area contributed by atoms with Gasteiger partial charge < -0.3 is 0 Å². The third-order valence-corrected chi connectivity index (χ3v) is 6.81. The molecule has 1 heterocycles. The molecule has 4 rings (SSSR count). The first-order valence-corrected chi connectivity index (χ1v) is 11.9. The molecule has 1 amide bonds. The third-order valence-electron chi connectivity index (χ3n) is 5.42. The first kappa shape index (κ1) is 23.1. The van der Waals surface area contributed by atoms with E-state index in [1.54, 1.807) is 66.7 Å². The summed E-state index contributed by atoms with van der Waals surface area (Å²) in [6.07, 6.45) is 0.378. The molecule has 0 radical (unpaired) electrons. The second-order valence-corrected chi connectivity index (χ2v) is 9.31. The zero-order chi connectivity index (χ0) is 24.3. The highest BCUT2D eigenvalue weighted by atomic mass is 32.2. The van der Waals surface area contributed by atoms with Gasteiger partial charge in [-0.2, -0.15) is 5.10 Å². The Morgan fingerprint density at radius 1 is 1.03 bits per heavy atom. The molecule has 3 aromatic rings. The van der Waals surface area contributed by atoms with Gasteiger partial charge in [-0.15, -0.1) is 0 Å². The first-order valence-electron chi connectivity index (χ1n) is 10.5. The SMILES string of the molecule is CO[N+](=O)c1ccccc1C1CC(c2ccc(NS(=O)(=O)c3ccccc3)cc2)=NN1C(C)=O. The van der Waals surface area contributed by atoms with Crippen molar-refractivity contribution in [2.75, 3.05) is 11.8 Å². The van der Waals surface area contributed by atoms with Gasteiger partial charge in [0.1, 0.15) is 0 Å². The molecule has 0 fully saturated rings. The number of hydrogen-bond donors (Lipinski definition) is 1. The fourth-order valence-corrected chi connectivity index (χ4v) is 4.88. The van der Waals surface area contributed by atoms with E-state index in [9.17, 15) is 18.1 Å². The van der Waals surface area contributed by atoms with Crippen LogP contribution in [-0.4, -0.2) is 37.1 Å². The molecule has 1 aliphatic rings. The molecule has 10 heteroatoms. The molecule has 0 aliphatic carbocycles. The first-order chi connectivity index (χ1) is 16.3. The molecule has 1 unspecified atom stereocenters. The van der Waals surface area contributed by atoms with Crippen molar-refractivity contribution in [2.45, 2.75) is 24.3 Å². The lowest BCUT2D eigenvalue weighted by Gasteiger charge is -2.19. The molecule has 1 N–H and O–H groups in total. The van der Waals surface area contributed by atoms with E-state index in [2.05, 4.69) is 9.82 Å². The highest BCUT2D eigenvalue weighted by Gasteiger charge is 2.36. The molecule has 1 atom stereocenters. The van der Waals surface area contributed by atoms with Crippen LogP contribution in [0.2, 0.25) is 0 Å². The van der Waals surface area contributed by atoms with Gasteiger partial charge in [0.2, 0.25) is 5.91 Å². The van der Waals surface area contributed by atoms with Gasteiger partial charge in [-0.3, -0.25) is 9.52 Å². The van der Waals surface area contributed by atoms with Crippen molar-refractivity contribution in [1.29, 1.82) is 0 Å². The van der Waals surface area contributed by atoms with Crippen molar-refractivity contribution in [3.05, 3.63) is 94.9 Å². The van der Waals surface area contributed by atoms with Crippen molar-refractivity contribution in [1.82, 2.24) is 5.01 Å². The zero-order valence-corrected chi connectivity index (χ0v) is 19.4. The number of carbonyl (C=O) groups excluding carboxylic acids is 1. The predicted molar refractivity (Wildman–Crippen MR) is 127 cm³/mol. The molecule has 0 bridgehead atoms. The van der Waals surface area contributed by atoms with Crippen LogP contribution in [0.4, 0.5) is 11.4 Å². The second-order valence-electron chi connectivity index (χ2n) is 7.62. The molecule has 9 nitrogen and oxygen atoms in total. The van der Waals surface area contributed by atoms with Gasteiger partial charge in [0.05, 0.1) is 27.1 Å². The monoisotopic (exact) mass is 479 g/mol. The summed E-state index contributed by atoms with van der Waals surface area (Å²) >= 11 is 0. The van der Waals surface area contributed by atoms with Gasteiger partial charge in [0.15, 0.2) is 7.11 Å². The van der Waals surface area contributed by atoms with Crippen molar-refractivity contribution in [3.8, 4) is 0 Å². The Hall–Kier alpha value is -4.05. The number of amides is 1. The van der Waals surface area contributed by atoms with Gasteiger partial charge in [-0.1, -0.05) is 42.5 Å². The van der Waals surface area contributed by atoms with Gasteiger partial charge in [-0.05, 0) is 35.9 Å². The Morgan fingerprint density at radius 2 is 1.68 bits per heavy atom. The molecule has 0 saturated heterocycles. The van der Waals surface area contributed by atoms with Crippen molar-refractivity contribution >= 4 is 33.0 Å². The maximum absolute atomic E-state index is 12.6. The fourth-order valence-electron chi connectivity index (χ4n) is 3.80. The average molecular weight is 480 g/mol. The topological polar surface area (TPSA) is 108 Å². The van der Waals surface area contributed by atoms with Gasteiger partial charge in [0, 0.05) is 25.1 Å². The fraction of sp³-hybridized carbons (Fsp3) is 0.167. The molecular formula is C24H23N4O5S+. The maximum atomic E-state index is 12.6. The van der Waals surface area contributed by atoms with E-state index in [1.807, 2.05) is 0 Å². The Bertz CT molecular complexity index is 1360. The third kappa shape index (κ3) is 4.67. The summed E-state index contributed by atoms with van der Waals surface area (Å²) in [7, 11) is -2.43. The van der Waals surface area contributed by atoms with Crippen LogP contribution in [-0.2, 0) is 19.7 Å². The number of para-hydroxylation sites is 1. The molecule has 1 aliphatic heterocycles. The lowest BCUT2D eigenvalue weighted by molar-refractivity contribution is -0.737. The number of anilines is 1. The molecular weight excluding hydrogens is 456 g/mol. The summed E-state index contributed by atoms with van der Waals surface area (Å²) in [5.41, 5.74) is 2.68. The van der Waals surface area contributed by atoms with Crippen LogP contribution in [0.15, 0.2) is 88.9 Å². The molecule has 34 heavy (non-hydrogen) atoms. The van der Waals surface area contributed by atoms with E-state index in [0.29, 0.717) is 34.0 Å². The largest absolute Gasteiger partial charge is 0.322 e. The smallest absolute Gasteiger partial charge is 0.280 e. The maximum Gasteiger partial charge on any atom is 0.322 e. The summed E-state index contributed by atoms with van der Waals surface area (Å²) in [6, 6.07) is 21.3. The molecule has 0 spiro atoms. The van der Waals surface area contributed by atoms with Crippen molar-refractivity contribution < 1.29 is 23.0 Å². The number of rotatable bonds is 7. The van der Waals surface area contributed by atoms with Crippen molar-refractivity contribution in [3.63, 3.8) is 0 Å². The van der Waals surface area contributed by atoms with Gasteiger partial charge >= 0.3 is 5.69 Å². The number of nitrogens with one attached hydrogen (secondary N) is 1. The van der Waals surface area contributed by atoms with E-state index < -0.39 is 16.1 Å². The quantitative estimate of drug-likeness (QED) is 0.512. The van der Waals surface area contributed by atoms with Crippen LogP contribution >= 0.6 is 0 Å². The normalized spacial score (nSPS) is 15.5. The van der Waals surface area contributed by atoms with Crippen molar-refractivity contribution in [2.24, 2.45) is 5.10 Å². The molecule has 0 aromatic heterocycles. The van der Waals surface area contributed by atoms with E-state index >= 15 is 0 Å². The predicted octanol–water partition coefficient (Wildman–Crippen LogP) is 4.16. The number of hydrogen-bond acceptors (Lipinski definition) is 6. The number of nitrogens with zero attached hydrogens (tertiary/aromatic N) is 3. The minimum absolute atomic E-state index is 0.168. The summed E-state index contributed by atoms with van der Waals surface area (Å²) in [5, 5.41) is 5.85. The van der Waals surface area contributed by atoms with Crippen LogP contribution in [0.3, 0.4) is 0 Å². The minimum Gasteiger partial charge on any atom is -0.280 e. The van der Waals surface area contributed by atoms with E-state index in [-0.39, 0.29) is 10.8 Å². The van der Waals surface area contributed by atoms with E-state index in [0.717, 1.165) is 5.56 Å². The summed E-state index contributed by atoms with van der Waals surface area (Å²) in [6.45, 7) is 1.41. The van der Waals surface area contributed by atoms with E-state index in [1.165, 1.54) is 31.2 Å². The standard InChI is InChI=1S/C24H23N4O5S/c1-17(29)27-24(21-10-6-7-11-23(21)28(30)33-2)16-22(25-27)18-12-14-19(15-13-18)26-34(31,32)20-8-4-3-5-9-20/h3-15,24,26H,16H2,1-2H3/q+1. The van der Waals surface area contributed by atoms with Gasteiger partial charge in [-0.25, -0.2) is 18.3 Å². The number of benzene rings is 3. The van der Waals surface area contributed by atoms with Crippen LogP contribution < -0.4 is 4.72 Å². The Balaban J connectivity index is 1.58. The van der Waals surface area contributed by atoms with Gasteiger partial charge in [0.25, 0.3) is 14.9 Å². The van der Waals surface area contributed by atoms with Crippen LogP contribution in [0, 0.1) is 4.91 Å². The van der Waals surface area contributed by atoms with E-state index in [4.69, 9.17) is 4.84 Å². The second kappa shape index (κ2) is 9.44. The lowest BCUT2D eigenvalue weighted by Crippen LogP contribution is -2.25. The summed E-state index contributed by atoms with van der Waals surface area (Å²) in [4.78, 5) is 29.9. The Morgan fingerprint density at radius 3 is 2.32 bits per heavy atom. The Kier molecular flexibility index (Phi) is 6.42. The average Bonchev–Trinajstić information content (AvgIpc) is 3.30. The Labute approximate surface area is 197 Å². The summed E-state index contributed by atoms with van der Waals surface area (Å²) in [5.74, 6) is -0.267.